The third kappa shape index (κ3) is 1.93. The predicted octanol–water partition coefficient (Wildman–Crippen LogP) is 3.65. The summed E-state index contributed by atoms with van der Waals surface area (Å²) in [5, 5.41) is 0. The minimum Gasteiger partial charge on any atom is -0.467 e. The van der Waals surface area contributed by atoms with E-state index in [-0.39, 0.29) is 11.9 Å². The van der Waals surface area contributed by atoms with Crippen LogP contribution < -0.4 is 0 Å². The van der Waals surface area contributed by atoms with Gasteiger partial charge in [-0.05, 0) is 30.0 Å². The fourth-order valence-corrected chi connectivity index (χ4v) is 3.38. The first-order valence-corrected chi connectivity index (χ1v) is 7.28. The van der Waals surface area contributed by atoms with Crippen LogP contribution in [0, 0.1) is 5.92 Å². The maximum atomic E-state index is 12.2. The Labute approximate surface area is 122 Å². The lowest BCUT2D eigenvalue weighted by Crippen LogP contribution is -2.38. The Bertz CT molecular complexity index is 500. The molecule has 1 heterocycles. The number of rotatable bonds is 4. The molecule has 0 N–H and O–H groups in total. The molecule has 0 aliphatic carbocycles. The number of carbonyl (C=O) groups is 1. The van der Waals surface area contributed by atoms with Crippen molar-refractivity contribution in [3.8, 4) is 0 Å². The van der Waals surface area contributed by atoms with E-state index in [1.807, 2.05) is 45.0 Å². The zero-order valence-electron chi connectivity index (χ0n) is 11.7. The topological polar surface area (TPSA) is 38.8 Å². The van der Waals surface area contributed by atoms with E-state index in [0.717, 1.165) is 16.5 Å². The van der Waals surface area contributed by atoms with Gasteiger partial charge in [0, 0.05) is 4.47 Å². The minimum atomic E-state index is -0.864. The summed E-state index contributed by atoms with van der Waals surface area (Å²) in [5.74, 6) is -0.233. The highest BCUT2D eigenvalue weighted by Gasteiger charge is 2.76. The number of epoxide rings is 1. The fourth-order valence-electron chi connectivity index (χ4n) is 2.98. The van der Waals surface area contributed by atoms with Gasteiger partial charge in [-0.3, -0.25) is 0 Å². The van der Waals surface area contributed by atoms with Crippen LogP contribution in [0.2, 0.25) is 0 Å². The van der Waals surface area contributed by atoms with Gasteiger partial charge in [0.25, 0.3) is 0 Å². The van der Waals surface area contributed by atoms with Gasteiger partial charge in [-0.1, -0.05) is 48.8 Å². The Morgan fingerprint density at radius 3 is 2.63 bits per heavy atom. The summed E-state index contributed by atoms with van der Waals surface area (Å²) in [6.07, 6.45) is 0.733. The molecule has 1 aliphatic heterocycles. The van der Waals surface area contributed by atoms with Gasteiger partial charge in [-0.2, -0.15) is 0 Å². The van der Waals surface area contributed by atoms with E-state index < -0.39 is 11.2 Å². The van der Waals surface area contributed by atoms with Gasteiger partial charge in [0.05, 0.1) is 7.11 Å². The van der Waals surface area contributed by atoms with Crippen molar-refractivity contribution in [2.45, 2.75) is 38.4 Å². The van der Waals surface area contributed by atoms with Crippen molar-refractivity contribution in [2.75, 3.05) is 7.11 Å². The summed E-state index contributed by atoms with van der Waals surface area (Å²) >= 11 is 3.47. The molecule has 1 aromatic carbocycles. The van der Waals surface area contributed by atoms with Crippen LogP contribution in [0.15, 0.2) is 28.7 Å². The summed E-state index contributed by atoms with van der Waals surface area (Å²) in [7, 11) is 1.41. The van der Waals surface area contributed by atoms with Crippen LogP contribution >= 0.6 is 15.9 Å². The number of hydrogen-bond donors (Lipinski definition) is 0. The number of ether oxygens (including phenoxy) is 2. The van der Waals surface area contributed by atoms with E-state index in [9.17, 15) is 4.79 Å². The molecule has 1 saturated heterocycles. The molecule has 0 aromatic heterocycles. The van der Waals surface area contributed by atoms with E-state index in [1.54, 1.807) is 0 Å². The standard InChI is InChI=1S/C15H19BrO3/c1-5-14(11-7-6-8-12(16)9-11)15(19-14,10(2)3)13(17)18-4/h6-10H,5H2,1-4H3. The smallest absolute Gasteiger partial charge is 0.341 e. The Balaban J connectivity index is 2.50. The van der Waals surface area contributed by atoms with Gasteiger partial charge >= 0.3 is 5.97 Å². The van der Waals surface area contributed by atoms with Crippen molar-refractivity contribution < 1.29 is 14.3 Å². The number of halogens is 1. The molecule has 3 nitrogen and oxygen atoms in total. The first-order chi connectivity index (χ1) is 8.94. The zero-order chi connectivity index (χ0) is 14.3. The number of benzene rings is 1. The first kappa shape index (κ1) is 14.5. The van der Waals surface area contributed by atoms with E-state index in [0.29, 0.717) is 0 Å². The molecule has 0 amide bonds. The van der Waals surface area contributed by atoms with Crippen molar-refractivity contribution >= 4 is 21.9 Å². The maximum Gasteiger partial charge on any atom is 0.341 e. The summed E-state index contributed by atoms with van der Waals surface area (Å²) in [4.78, 5) is 12.2. The minimum absolute atomic E-state index is 0.0545. The zero-order valence-corrected chi connectivity index (χ0v) is 13.3. The second-order valence-electron chi connectivity index (χ2n) is 5.17. The van der Waals surface area contributed by atoms with Crippen LogP contribution in [-0.4, -0.2) is 18.7 Å². The second kappa shape index (κ2) is 4.91. The highest BCUT2D eigenvalue weighted by atomic mass is 79.9. The lowest BCUT2D eigenvalue weighted by molar-refractivity contribution is -0.148. The molecule has 0 radical (unpaired) electrons. The van der Waals surface area contributed by atoms with Crippen LogP contribution in [0.25, 0.3) is 0 Å². The Morgan fingerprint density at radius 1 is 1.47 bits per heavy atom. The highest BCUT2D eigenvalue weighted by molar-refractivity contribution is 9.10. The molecule has 4 heteroatoms. The number of esters is 1. The maximum absolute atomic E-state index is 12.2. The van der Waals surface area contributed by atoms with Gasteiger partial charge in [0.15, 0.2) is 0 Å². The van der Waals surface area contributed by atoms with Crippen molar-refractivity contribution in [3.05, 3.63) is 34.3 Å². The fraction of sp³-hybridized carbons (Fsp3) is 0.533. The average molecular weight is 327 g/mol. The van der Waals surface area contributed by atoms with Crippen LogP contribution in [0.1, 0.15) is 32.8 Å². The summed E-state index contributed by atoms with van der Waals surface area (Å²) < 4.78 is 12.0. The average Bonchev–Trinajstić information content (AvgIpc) is 3.10. The van der Waals surface area contributed by atoms with Crippen LogP contribution in [0.5, 0.6) is 0 Å². The monoisotopic (exact) mass is 326 g/mol. The molecule has 104 valence electrons. The van der Waals surface area contributed by atoms with E-state index in [1.165, 1.54) is 7.11 Å². The first-order valence-electron chi connectivity index (χ1n) is 6.49. The van der Waals surface area contributed by atoms with Crippen molar-refractivity contribution in [2.24, 2.45) is 5.92 Å². The molecular weight excluding hydrogens is 308 g/mol. The molecule has 1 aromatic rings. The largest absolute Gasteiger partial charge is 0.467 e. The molecule has 0 saturated carbocycles. The van der Waals surface area contributed by atoms with Gasteiger partial charge in [-0.15, -0.1) is 0 Å². The van der Waals surface area contributed by atoms with Crippen LogP contribution in [0.3, 0.4) is 0 Å². The molecule has 19 heavy (non-hydrogen) atoms. The van der Waals surface area contributed by atoms with Crippen LogP contribution in [-0.2, 0) is 19.9 Å². The Kier molecular flexibility index (Phi) is 3.76. The Morgan fingerprint density at radius 2 is 2.16 bits per heavy atom. The lowest BCUT2D eigenvalue weighted by Gasteiger charge is -2.20. The normalized spacial score (nSPS) is 29.4. The predicted molar refractivity (Wildman–Crippen MR) is 76.8 cm³/mol. The van der Waals surface area contributed by atoms with Gasteiger partial charge in [0.1, 0.15) is 5.60 Å². The van der Waals surface area contributed by atoms with Gasteiger partial charge < -0.3 is 9.47 Å². The number of methoxy groups -OCH3 is 1. The number of hydrogen-bond acceptors (Lipinski definition) is 3. The summed E-state index contributed by atoms with van der Waals surface area (Å²) in [5.41, 5.74) is -0.418. The molecule has 0 bridgehead atoms. The third-order valence-electron chi connectivity index (χ3n) is 3.98. The Hall–Kier alpha value is -0.870. The lowest BCUT2D eigenvalue weighted by atomic mass is 9.78. The molecule has 1 aliphatic rings. The van der Waals surface area contributed by atoms with Gasteiger partial charge in [0.2, 0.25) is 5.60 Å². The SMILES string of the molecule is CCC1(c2cccc(Br)c2)OC1(C(=O)OC)C(C)C. The molecule has 0 spiro atoms. The van der Waals surface area contributed by atoms with Crippen molar-refractivity contribution in [1.29, 1.82) is 0 Å². The van der Waals surface area contributed by atoms with Crippen molar-refractivity contribution in [1.82, 2.24) is 0 Å². The molecule has 2 atom stereocenters. The highest BCUT2D eigenvalue weighted by Crippen LogP contribution is 2.62. The third-order valence-corrected chi connectivity index (χ3v) is 4.48. The molecule has 2 unspecified atom stereocenters. The molecule has 1 fully saturated rings. The summed E-state index contributed by atoms with van der Waals surface area (Å²) in [6.45, 7) is 6.02. The second-order valence-corrected chi connectivity index (χ2v) is 6.09. The van der Waals surface area contributed by atoms with E-state index >= 15 is 0 Å². The quantitative estimate of drug-likeness (QED) is 0.626. The van der Waals surface area contributed by atoms with Crippen molar-refractivity contribution in [3.63, 3.8) is 0 Å². The summed E-state index contributed by atoms with van der Waals surface area (Å²) in [6, 6.07) is 7.93. The number of carbonyl (C=O) groups excluding carboxylic acids is 1. The van der Waals surface area contributed by atoms with E-state index in [2.05, 4.69) is 15.9 Å². The van der Waals surface area contributed by atoms with E-state index in [4.69, 9.17) is 9.47 Å². The molecule has 2 rings (SSSR count). The van der Waals surface area contributed by atoms with Gasteiger partial charge in [-0.25, -0.2) is 4.79 Å². The van der Waals surface area contributed by atoms with Crippen LogP contribution in [0.4, 0.5) is 0 Å². The molecular formula is C15H19BrO3.